The van der Waals surface area contributed by atoms with Gasteiger partial charge in [0.25, 0.3) is 0 Å². The fourth-order valence-electron chi connectivity index (χ4n) is 3.17. The molecule has 1 heterocycles. The minimum atomic E-state index is -4.73. The smallest absolute Gasteiger partial charge is 0.343 e. The average Bonchev–Trinajstić information content (AvgIpc) is 2.41. The van der Waals surface area contributed by atoms with Gasteiger partial charge in [0.05, 0.1) is 6.61 Å². The third kappa shape index (κ3) is 3.30. The molecule has 2 aliphatic rings. The Balaban J connectivity index is 2.14. The zero-order valence-electron chi connectivity index (χ0n) is 11.8. The fraction of sp³-hybridized carbons (Fsp3) is 0.846. The molecule has 1 aliphatic carbocycles. The largest absolute Gasteiger partial charge is 0.522 e. The van der Waals surface area contributed by atoms with Gasteiger partial charge in [-0.2, -0.15) is 0 Å². The van der Waals surface area contributed by atoms with E-state index in [1.807, 2.05) is 0 Å². The van der Waals surface area contributed by atoms with Crippen molar-refractivity contribution in [3.05, 3.63) is 0 Å². The van der Waals surface area contributed by atoms with Gasteiger partial charge in [-0.05, 0) is 19.8 Å². The first-order chi connectivity index (χ1) is 9.76. The molecule has 1 unspecified atom stereocenters. The zero-order chi connectivity index (χ0) is 15.7. The van der Waals surface area contributed by atoms with E-state index in [9.17, 15) is 22.8 Å². The van der Waals surface area contributed by atoms with E-state index < -0.39 is 24.6 Å². The lowest BCUT2D eigenvalue weighted by Gasteiger charge is -2.49. The van der Waals surface area contributed by atoms with Gasteiger partial charge in [-0.3, -0.25) is 14.3 Å². The Morgan fingerprint density at radius 2 is 1.90 bits per heavy atom. The quantitative estimate of drug-likeness (QED) is 0.861. The number of nitrogens with zero attached hydrogens (tertiary/aromatic N) is 1. The highest BCUT2D eigenvalue weighted by molar-refractivity contribution is 5.99. The molecule has 0 bridgehead atoms. The van der Waals surface area contributed by atoms with Crippen LogP contribution in [0.25, 0.3) is 0 Å². The number of ether oxygens (including phenoxy) is 1. The number of hydrogen-bond acceptors (Lipinski definition) is 3. The summed E-state index contributed by atoms with van der Waals surface area (Å²) in [6, 6.07) is -0.712. The fourth-order valence-corrected chi connectivity index (χ4v) is 3.17. The van der Waals surface area contributed by atoms with Crippen LogP contribution in [0.5, 0.6) is 0 Å². The number of hydrogen-bond donors (Lipinski definition) is 1. The first-order valence-electron chi connectivity index (χ1n) is 7.09. The molecule has 1 saturated carbocycles. The summed E-state index contributed by atoms with van der Waals surface area (Å²) in [4.78, 5) is 25.9. The molecule has 120 valence electrons. The maximum atomic E-state index is 12.3. The van der Waals surface area contributed by atoms with E-state index in [1.54, 1.807) is 0 Å². The second-order valence-corrected chi connectivity index (χ2v) is 5.57. The maximum absolute atomic E-state index is 12.3. The van der Waals surface area contributed by atoms with Gasteiger partial charge in [0.2, 0.25) is 11.8 Å². The number of rotatable bonds is 3. The maximum Gasteiger partial charge on any atom is 0.522 e. The van der Waals surface area contributed by atoms with Crippen LogP contribution in [-0.2, 0) is 14.3 Å². The number of piperazine rings is 1. The number of carbonyl (C=O) groups excluding carboxylic acids is 2. The average molecular weight is 308 g/mol. The molecule has 1 spiro atoms. The van der Waals surface area contributed by atoms with E-state index in [4.69, 9.17) is 0 Å². The molecule has 2 rings (SSSR count). The summed E-state index contributed by atoms with van der Waals surface area (Å²) < 4.78 is 40.0. The third-order valence-corrected chi connectivity index (χ3v) is 4.18. The van der Waals surface area contributed by atoms with Crippen molar-refractivity contribution in [3.8, 4) is 0 Å². The molecular weight excluding hydrogens is 289 g/mol. The van der Waals surface area contributed by atoms with Crippen molar-refractivity contribution in [3.63, 3.8) is 0 Å². The lowest BCUT2D eigenvalue weighted by Crippen LogP contribution is -2.71. The summed E-state index contributed by atoms with van der Waals surface area (Å²) in [5.74, 6) is -0.608. The van der Waals surface area contributed by atoms with Crippen LogP contribution in [0.2, 0.25) is 0 Å². The number of amides is 2. The van der Waals surface area contributed by atoms with Crippen LogP contribution >= 0.6 is 0 Å². The van der Waals surface area contributed by atoms with E-state index in [1.165, 1.54) is 11.8 Å². The molecule has 21 heavy (non-hydrogen) atoms. The van der Waals surface area contributed by atoms with Gasteiger partial charge in [-0.1, -0.05) is 19.3 Å². The van der Waals surface area contributed by atoms with Gasteiger partial charge >= 0.3 is 6.36 Å². The van der Waals surface area contributed by atoms with E-state index in [-0.39, 0.29) is 18.4 Å². The number of alkyl halides is 3. The molecule has 2 amide bonds. The lowest BCUT2D eigenvalue weighted by molar-refractivity contribution is -0.325. The Labute approximate surface area is 120 Å². The molecule has 1 N–H and O–H groups in total. The SMILES string of the molecule is CC1NC(=O)C2(CCCCC2)N(CCOC(F)(F)F)C1=O. The molecule has 0 aromatic carbocycles. The topological polar surface area (TPSA) is 58.6 Å². The Hall–Kier alpha value is -1.31. The molecule has 2 fully saturated rings. The molecule has 0 aromatic rings. The van der Waals surface area contributed by atoms with Crippen molar-refractivity contribution < 1.29 is 27.5 Å². The van der Waals surface area contributed by atoms with Crippen LogP contribution in [0.15, 0.2) is 0 Å². The second kappa shape index (κ2) is 5.82. The molecule has 5 nitrogen and oxygen atoms in total. The van der Waals surface area contributed by atoms with Gasteiger partial charge in [0.15, 0.2) is 0 Å². The van der Waals surface area contributed by atoms with E-state index in [0.717, 1.165) is 19.3 Å². The van der Waals surface area contributed by atoms with Gasteiger partial charge < -0.3 is 10.2 Å². The van der Waals surface area contributed by atoms with Gasteiger partial charge in [-0.15, -0.1) is 13.2 Å². The van der Waals surface area contributed by atoms with Crippen molar-refractivity contribution in [2.24, 2.45) is 0 Å². The summed E-state index contributed by atoms with van der Waals surface area (Å²) in [6.07, 6.45) is -1.22. The summed E-state index contributed by atoms with van der Waals surface area (Å²) >= 11 is 0. The van der Waals surface area contributed by atoms with Crippen molar-refractivity contribution >= 4 is 11.8 Å². The highest BCUT2D eigenvalue weighted by atomic mass is 19.4. The van der Waals surface area contributed by atoms with Gasteiger partial charge in [0.1, 0.15) is 11.6 Å². The van der Waals surface area contributed by atoms with Crippen molar-refractivity contribution in [1.29, 1.82) is 0 Å². The van der Waals surface area contributed by atoms with E-state index in [2.05, 4.69) is 10.1 Å². The van der Waals surface area contributed by atoms with Gasteiger partial charge in [-0.25, -0.2) is 0 Å². The van der Waals surface area contributed by atoms with Crippen LogP contribution in [-0.4, -0.2) is 47.8 Å². The predicted octanol–water partition coefficient (Wildman–Crippen LogP) is 1.57. The molecule has 8 heteroatoms. The van der Waals surface area contributed by atoms with E-state index >= 15 is 0 Å². The number of carbonyl (C=O) groups is 2. The monoisotopic (exact) mass is 308 g/mol. The predicted molar refractivity (Wildman–Crippen MR) is 67.1 cm³/mol. The van der Waals surface area contributed by atoms with Crippen LogP contribution < -0.4 is 5.32 Å². The minimum absolute atomic E-state index is 0.226. The number of nitrogens with one attached hydrogen (secondary N) is 1. The standard InChI is InChI=1S/C13H19F3N2O3/c1-9-10(19)18(7-8-21-13(14,15)16)12(11(20)17-9)5-3-2-4-6-12/h9H,2-8H2,1H3,(H,17,20). The summed E-state index contributed by atoms with van der Waals surface area (Å²) in [7, 11) is 0. The Morgan fingerprint density at radius 3 is 2.48 bits per heavy atom. The minimum Gasteiger partial charge on any atom is -0.343 e. The Kier molecular flexibility index (Phi) is 4.46. The van der Waals surface area contributed by atoms with Crippen molar-refractivity contribution in [2.45, 2.75) is 57.0 Å². The molecule has 0 aromatic heterocycles. The van der Waals surface area contributed by atoms with Crippen LogP contribution in [0, 0.1) is 0 Å². The first kappa shape index (κ1) is 16.1. The van der Waals surface area contributed by atoms with Crippen molar-refractivity contribution in [2.75, 3.05) is 13.2 Å². The van der Waals surface area contributed by atoms with Crippen LogP contribution in [0.4, 0.5) is 13.2 Å². The van der Waals surface area contributed by atoms with Crippen LogP contribution in [0.3, 0.4) is 0 Å². The van der Waals surface area contributed by atoms with Gasteiger partial charge in [0, 0.05) is 6.54 Å². The summed E-state index contributed by atoms with van der Waals surface area (Å²) in [5, 5.41) is 2.63. The highest BCUT2D eigenvalue weighted by Crippen LogP contribution is 2.36. The van der Waals surface area contributed by atoms with Crippen molar-refractivity contribution in [1.82, 2.24) is 10.2 Å². The lowest BCUT2D eigenvalue weighted by atomic mass is 9.77. The molecule has 1 atom stereocenters. The Morgan fingerprint density at radius 1 is 1.29 bits per heavy atom. The van der Waals surface area contributed by atoms with Crippen LogP contribution in [0.1, 0.15) is 39.0 Å². The molecular formula is C13H19F3N2O3. The summed E-state index contributed by atoms with van der Waals surface area (Å²) in [5.41, 5.74) is -1.00. The third-order valence-electron chi connectivity index (χ3n) is 4.18. The summed E-state index contributed by atoms with van der Waals surface area (Å²) in [6.45, 7) is 0.653. The molecule has 1 saturated heterocycles. The first-order valence-corrected chi connectivity index (χ1v) is 7.09. The Bertz CT molecular complexity index is 419. The zero-order valence-corrected chi connectivity index (χ0v) is 11.8. The van der Waals surface area contributed by atoms with E-state index in [0.29, 0.717) is 12.8 Å². The highest BCUT2D eigenvalue weighted by Gasteiger charge is 2.51. The molecule has 1 aliphatic heterocycles. The molecule has 0 radical (unpaired) electrons. The number of halogens is 3. The normalized spacial score (nSPS) is 26.1. The second-order valence-electron chi connectivity index (χ2n) is 5.57.